The summed E-state index contributed by atoms with van der Waals surface area (Å²) in [7, 11) is 1.29. The number of phosphoric ester groups is 1. The third-order valence-electron chi connectivity index (χ3n) is 9.42. The van der Waals surface area contributed by atoms with Crippen LogP contribution in [0.4, 0.5) is 0 Å². The van der Waals surface area contributed by atoms with Crippen molar-refractivity contribution in [2.24, 2.45) is 0 Å². The number of hydrogen-bond acceptors (Lipinski definition) is 6. The van der Waals surface area contributed by atoms with E-state index in [1.165, 1.54) is 89.9 Å². The highest BCUT2D eigenvalue weighted by molar-refractivity contribution is 7.45. The molecule has 0 bridgehead atoms. The Hall–Kier alpha value is -1.02. The van der Waals surface area contributed by atoms with Crippen LogP contribution in [0.15, 0.2) is 24.3 Å². The summed E-state index contributed by atoms with van der Waals surface area (Å²) < 4.78 is 23.2. The predicted octanol–water partition coefficient (Wildman–Crippen LogP) is 10.7. The molecular formula is C42H83N2O6P. The largest absolute Gasteiger partial charge is 0.756 e. The second-order valence-electron chi connectivity index (χ2n) is 15.7. The van der Waals surface area contributed by atoms with Gasteiger partial charge in [0, 0.05) is 6.42 Å². The predicted molar refractivity (Wildman–Crippen MR) is 215 cm³/mol. The number of aliphatic hydroxyl groups excluding tert-OH is 1. The number of quaternary nitrogens is 1. The fraction of sp³-hybridized carbons (Fsp3) is 0.881. The lowest BCUT2D eigenvalue weighted by Gasteiger charge is -2.30. The number of unbranched alkanes of at least 4 members (excludes halogenated alkanes) is 21. The third kappa shape index (κ3) is 37.1. The number of amides is 1. The minimum atomic E-state index is -4.56. The van der Waals surface area contributed by atoms with Crippen LogP contribution in [0.1, 0.15) is 187 Å². The van der Waals surface area contributed by atoms with E-state index in [4.69, 9.17) is 9.05 Å². The number of carbonyl (C=O) groups excluding carboxylic acids is 1. The van der Waals surface area contributed by atoms with Crippen LogP contribution in [0.2, 0.25) is 0 Å². The van der Waals surface area contributed by atoms with Crippen molar-refractivity contribution < 1.29 is 32.9 Å². The number of nitrogens with zero attached hydrogens (tertiary/aromatic N) is 1. The van der Waals surface area contributed by atoms with E-state index < -0.39 is 20.0 Å². The van der Waals surface area contributed by atoms with E-state index in [0.717, 1.165) is 70.6 Å². The van der Waals surface area contributed by atoms with E-state index in [1.54, 1.807) is 0 Å². The standard InChI is InChI=1S/C42H83N2O6P/c1-6-8-10-12-14-16-18-20-21-22-24-25-27-29-31-33-35-41(45)40(39-50-51(47,48)49-38-37-44(3,4)5)43-42(46)36-34-32-30-28-26-23-19-17-15-13-11-9-7-2/h11,13,17,19,40-41,45H,6-10,12,14-16,18,20-39H2,1-5H3,(H-,43,46,47,48)/b13-11-,19-17-. The molecule has 0 aliphatic rings. The van der Waals surface area contributed by atoms with Crippen LogP contribution in [-0.4, -0.2) is 68.5 Å². The zero-order chi connectivity index (χ0) is 37.9. The Morgan fingerprint density at radius 3 is 1.71 bits per heavy atom. The van der Waals surface area contributed by atoms with E-state index in [2.05, 4.69) is 43.5 Å². The average molecular weight is 743 g/mol. The third-order valence-corrected chi connectivity index (χ3v) is 10.4. The molecule has 0 aliphatic heterocycles. The van der Waals surface area contributed by atoms with Gasteiger partial charge in [0.15, 0.2) is 0 Å². The molecule has 0 aromatic rings. The van der Waals surface area contributed by atoms with Crippen LogP contribution in [0, 0.1) is 0 Å². The Balaban J connectivity index is 4.41. The first kappa shape index (κ1) is 50.0. The minimum Gasteiger partial charge on any atom is -0.756 e. The van der Waals surface area contributed by atoms with Crippen molar-refractivity contribution in [3.05, 3.63) is 24.3 Å². The summed E-state index contributed by atoms with van der Waals surface area (Å²) in [6.45, 7) is 4.64. The van der Waals surface area contributed by atoms with E-state index in [0.29, 0.717) is 23.9 Å². The van der Waals surface area contributed by atoms with E-state index in [-0.39, 0.29) is 19.1 Å². The van der Waals surface area contributed by atoms with Gasteiger partial charge in [-0.3, -0.25) is 9.36 Å². The maximum Gasteiger partial charge on any atom is 0.268 e. The fourth-order valence-electron chi connectivity index (χ4n) is 6.02. The van der Waals surface area contributed by atoms with Gasteiger partial charge in [0.2, 0.25) is 5.91 Å². The maximum atomic E-state index is 12.8. The van der Waals surface area contributed by atoms with Gasteiger partial charge in [-0.05, 0) is 38.5 Å². The fourth-order valence-corrected chi connectivity index (χ4v) is 6.74. The summed E-state index contributed by atoms with van der Waals surface area (Å²) in [6.07, 6.45) is 38.9. The first-order valence-electron chi connectivity index (χ1n) is 21.2. The number of likely N-dealkylation sites (N-methyl/N-ethyl adjacent to an activating group) is 1. The van der Waals surface area contributed by atoms with Gasteiger partial charge in [0.05, 0.1) is 39.9 Å². The van der Waals surface area contributed by atoms with Crippen molar-refractivity contribution in [3.8, 4) is 0 Å². The lowest BCUT2D eigenvalue weighted by molar-refractivity contribution is -0.870. The molecule has 0 saturated heterocycles. The lowest BCUT2D eigenvalue weighted by atomic mass is 10.0. The van der Waals surface area contributed by atoms with Gasteiger partial charge in [-0.25, -0.2) is 0 Å². The van der Waals surface area contributed by atoms with Crippen LogP contribution < -0.4 is 10.2 Å². The molecule has 9 heteroatoms. The number of phosphoric acid groups is 1. The van der Waals surface area contributed by atoms with Gasteiger partial charge in [-0.15, -0.1) is 0 Å². The molecule has 0 radical (unpaired) electrons. The molecule has 2 N–H and O–H groups in total. The van der Waals surface area contributed by atoms with Crippen molar-refractivity contribution in [1.82, 2.24) is 5.32 Å². The van der Waals surface area contributed by atoms with E-state index in [1.807, 2.05) is 21.1 Å². The van der Waals surface area contributed by atoms with Crippen molar-refractivity contribution >= 4 is 13.7 Å². The molecule has 0 fully saturated rings. The topological polar surface area (TPSA) is 108 Å². The van der Waals surface area contributed by atoms with Gasteiger partial charge in [-0.2, -0.15) is 0 Å². The van der Waals surface area contributed by atoms with Gasteiger partial charge in [0.1, 0.15) is 13.2 Å². The Bertz CT molecular complexity index is 891. The van der Waals surface area contributed by atoms with Gasteiger partial charge in [0.25, 0.3) is 7.82 Å². The summed E-state index contributed by atoms with van der Waals surface area (Å²) >= 11 is 0. The zero-order valence-electron chi connectivity index (χ0n) is 34.1. The second-order valence-corrected chi connectivity index (χ2v) is 17.1. The maximum absolute atomic E-state index is 12.8. The number of aliphatic hydroxyl groups is 1. The smallest absolute Gasteiger partial charge is 0.268 e. The molecule has 0 aliphatic carbocycles. The normalized spacial score (nSPS) is 14.7. The summed E-state index contributed by atoms with van der Waals surface area (Å²) in [5, 5.41) is 13.9. The molecule has 3 atom stereocenters. The Labute approximate surface area is 315 Å². The Morgan fingerprint density at radius 2 is 1.18 bits per heavy atom. The summed E-state index contributed by atoms with van der Waals surface area (Å²) in [4.78, 5) is 25.2. The monoisotopic (exact) mass is 743 g/mol. The molecule has 0 rings (SSSR count). The molecule has 1 amide bonds. The highest BCUT2D eigenvalue weighted by atomic mass is 31.2. The highest BCUT2D eigenvalue weighted by Crippen LogP contribution is 2.38. The van der Waals surface area contributed by atoms with Crippen molar-refractivity contribution in [2.75, 3.05) is 40.9 Å². The lowest BCUT2D eigenvalue weighted by Crippen LogP contribution is -2.46. The number of nitrogens with one attached hydrogen (secondary N) is 1. The van der Waals surface area contributed by atoms with Gasteiger partial charge < -0.3 is 28.8 Å². The van der Waals surface area contributed by atoms with Crippen molar-refractivity contribution in [2.45, 2.75) is 199 Å². The summed E-state index contributed by atoms with van der Waals surface area (Å²) in [5.74, 6) is -0.180. The molecule has 0 heterocycles. The van der Waals surface area contributed by atoms with Crippen LogP contribution >= 0.6 is 7.82 Å². The zero-order valence-corrected chi connectivity index (χ0v) is 35.0. The molecule has 51 heavy (non-hydrogen) atoms. The molecule has 0 spiro atoms. The van der Waals surface area contributed by atoms with Gasteiger partial charge >= 0.3 is 0 Å². The quantitative estimate of drug-likeness (QED) is 0.0282. The summed E-state index contributed by atoms with van der Waals surface area (Å²) in [6, 6.07) is -0.804. The Morgan fingerprint density at radius 1 is 0.686 bits per heavy atom. The van der Waals surface area contributed by atoms with Crippen LogP contribution in [0.5, 0.6) is 0 Å². The number of carbonyl (C=O) groups is 1. The van der Waals surface area contributed by atoms with Gasteiger partial charge in [-0.1, -0.05) is 167 Å². The second kappa shape index (κ2) is 34.7. The highest BCUT2D eigenvalue weighted by Gasteiger charge is 2.24. The van der Waals surface area contributed by atoms with E-state index >= 15 is 0 Å². The van der Waals surface area contributed by atoms with Crippen molar-refractivity contribution in [1.29, 1.82) is 0 Å². The molecule has 3 unspecified atom stereocenters. The molecule has 0 saturated carbocycles. The molecule has 8 nitrogen and oxygen atoms in total. The van der Waals surface area contributed by atoms with Crippen LogP contribution in [0.25, 0.3) is 0 Å². The molecule has 302 valence electrons. The molecule has 0 aromatic heterocycles. The SMILES string of the molecule is CCC/C=C\C/C=C\CCCCCCCC(=O)NC(COP(=O)([O-])OCC[N+](C)(C)C)C(O)CCCCCCCCCCCCCCCCCC. The average Bonchev–Trinajstić information content (AvgIpc) is 3.07. The van der Waals surface area contributed by atoms with E-state index in [9.17, 15) is 19.4 Å². The van der Waals surface area contributed by atoms with Crippen LogP contribution in [0.3, 0.4) is 0 Å². The number of allylic oxidation sites excluding steroid dienone is 4. The Kier molecular flexibility index (Phi) is 34.0. The molecule has 0 aromatic carbocycles. The number of rotatable bonds is 38. The first-order valence-corrected chi connectivity index (χ1v) is 22.6. The molecular weight excluding hydrogens is 659 g/mol. The summed E-state index contributed by atoms with van der Waals surface area (Å²) in [5.41, 5.74) is 0. The first-order chi connectivity index (χ1) is 24.5. The van der Waals surface area contributed by atoms with Crippen LogP contribution in [-0.2, 0) is 18.4 Å². The number of hydrogen-bond donors (Lipinski definition) is 2. The van der Waals surface area contributed by atoms with Crippen molar-refractivity contribution in [3.63, 3.8) is 0 Å². The minimum absolute atomic E-state index is 0.00965.